The third-order valence-corrected chi connectivity index (χ3v) is 3.87. The van der Waals surface area contributed by atoms with E-state index in [1.54, 1.807) is 0 Å². The van der Waals surface area contributed by atoms with Crippen LogP contribution >= 0.6 is 0 Å². The summed E-state index contributed by atoms with van der Waals surface area (Å²) in [5, 5.41) is 6.63. The van der Waals surface area contributed by atoms with Crippen molar-refractivity contribution in [2.45, 2.75) is 57.7 Å². The molecular formula is C13H25N3O. The Balaban J connectivity index is 1.83. The Hall–Kier alpha value is -0.610. The van der Waals surface area contributed by atoms with Crippen LogP contribution in [0.1, 0.15) is 39.5 Å². The van der Waals surface area contributed by atoms with Crippen molar-refractivity contribution < 1.29 is 4.79 Å². The van der Waals surface area contributed by atoms with Crippen LogP contribution in [-0.2, 0) is 4.79 Å². The molecule has 2 atom stereocenters. The van der Waals surface area contributed by atoms with Gasteiger partial charge in [-0.3, -0.25) is 9.69 Å². The van der Waals surface area contributed by atoms with E-state index in [4.69, 9.17) is 0 Å². The van der Waals surface area contributed by atoms with Gasteiger partial charge in [-0.1, -0.05) is 13.8 Å². The number of hydrogen-bond donors (Lipinski definition) is 2. The van der Waals surface area contributed by atoms with Crippen LogP contribution in [0.4, 0.5) is 0 Å². The fraction of sp³-hybridized carbons (Fsp3) is 0.923. The van der Waals surface area contributed by atoms with E-state index in [1.807, 2.05) is 0 Å². The summed E-state index contributed by atoms with van der Waals surface area (Å²) in [7, 11) is 0. The molecule has 0 spiro atoms. The van der Waals surface area contributed by atoms with Crippen molar-refractivity contribution >= 4 is 5.91 Å². The van der Waals surface area contributed by atoms with Crippen LogP contribution in [0.25, 0.3) is 0 Å². The second-order valence-corrected chi connectivity index (χ2v) is 5.35. The smallest absolute Gasteiger partial charge is 0.234 e. The summed E-state index contributed by atoms with van der Waals surface area (Å²) >= 11 is 0. The van der Waals surface area contributed by atoms with Gasteiger partial charge in [-0.05, 0) is 25.7 Å². The maximum Gasteiger partial charge on any atom is 0.234 e. The first-order valence-corrected chi connectivity index (χ1v) is 6.99. The second kappa shape index (κ2) is 5.83. The summed E-state index contributed by atoms with van der Waals surface area (Å²) in [5.74, 6) is 0.211. The van der Waals surface area contributed by atoms with Crippen molar-refractivity contribution in [1.82, 2.24) is 15.5 Å². The van der Waals surface area contributed by atoms with Crippen LogP contribution in [0.15, 0.2) is 0 Å². The Bertz CT molecular complexity index is 265. The Morgan fingerprint density at radius 2 is 2.12 bits per heavy atom. The molecule has 2 unspecified atom stereocenters. The average Bonchev–Trinajstić information content (AvgIpc) is 3.12. The van der Waals surface area contributed by atoms with Gasteiger partial charge < -0.3 is 10.6 Å². The molecule has 2 N–H and O–H groups in total. The van der Waals surface area contributed by atoms with E-state index in [0.29, 0.717) is 24.7 Å². The zero-order valence-electron chi connectivity index (χ0n) is 11.0. The van der Waals surface area contributed by atoms with E-state index in [-0.39, 0.29) is 5.91 Å². The normalized spacial score (nSPS) is 30.2. The lowest BCUT2D eigenvalue weighted by atomic mass is 10.1. The van der Waals surface area contributed by atoms with Crippen LogP contribution in [0, 0.1) is 0 Å². The lowest BCUT2D eigenvalue weighted by molar-refractivity contribution is -0.123. The Kier molecular flexibility index (Phi) is 4.40. The van der Waals surface area contributed by atoms with Crippen molar-refractivity contribution in [3.05, 3.63) is 0 Å². The first kappa shape index (κ1) is 12.8. The maximum absolute atomic E-state index is 11.8. The highest BCUT2D eigenvalue weighted by molar-refractivity contribution is 5.78. The topological polar surface area (TPSA) is 44.4 Å². The van der Waals surface area contributed by atoms with E-state index in [9.17, 15) is 4.79 Å². The van der Waals surface area contributed by atoms with Crippen molar-refractivity contribution in [3.8, 4) is 0 Å². The number of carbonyl (C=O) groups is 1. The van der Waals surface area contributed by atoms with Crippen LogP contribution in [0.2, 0.25) is 0 Å². The molecule has 1 amide bonds. The second-order valence-electron chi connectivity index (χ2n) is 5.35. The minimum absolute atomic E-state index is 0.211. The van der Waals surface area contributed by atoms with Crippen molar-refractivity contribution in [3.63, 3.8) is 0 Å². The summed E-state index contributed by atoms with van der Waals surface area (Å²) in [5.41, 5.74) is 0. The molecule has 1 heterocycles. The molecule has 0 aromatic heterocycles. The fourth-order valence-electron chi connectivity index (χ4n) is 2.48. The fourth-order valence-corrected chi connectivity index (χ4v) is 2.48. The largest absolute Gasteiger partial charge is 0.352 e. The van der Waals surface area contributed by atoms with Gasteiger partial charge in [-0.25, -0.2) is 0 Å². The quantitative estimate of drug-likeness (QED) is 0.743. The van der Waals surface area contributed by atoms with Gasteiger partial charge in [0.15, 0.2) is 0 Å². The van der Waals surface area contributed by atoms with Gasteiger partial charge in [0, 0.05) is 31.2 Å². The van der Waals surface area contributed by atoms with Gasteiger partial charge in [-0.2, -0.15) is 0 Å². The summed E-state index contributed by atoms with van der Waals surface area (Å²) in [6, 6.07) is 1.54. The first-order chi connectivity index (χ1) is 8.22. The number of hydrogen-bond acceptors (Lipinski definition) is 3. The third-order valence-electron chi connectivity index (χ3n) is 3.87. The number of nitrogens with one attached hydrogen (secondary N) is 2. The Morgan fingerprint density at radius 3 is 2.71 bits per heavy atom. The third kappa shape index (κ3) is 3.68. The highest BCUT2D eigenvalue weighted by Gasteiger charge is 2.29. The SMILES string of the molecule is CCC1CN(CC(=O)NC2CC2)C(CC)CN1. The molecule has 2 aliphatic rings. The molecule has 0 aromatic carbocycles. The van der Waals surface area contributed by atoms with Crippen LogP contribution < -0.4 is 10.6 Å². The Labute approximate surface area is 104 Å². The predicted octanol–water partition coefficient (Wildman–Crippen LogP) is 0.727. The molecule has 4 nitrogen and oxygen atoms in total. The van der Waals surface area contributed by atoms with Crippen LogP contribution in [0.5, 0.6) is 0 Å². The monoisotopic (exact) mass is 239 g/mol. The number of piperazine rings is 1. The maximum atomic E-state index is 11.8. The van der Waals surface area contributed by atoms with E-state index >= 15 is 0 Å². The van der Waals surface area contributed by atoms with Gasteiger partial charge in [0.25, 0.3) is 0 Å². The highest BCUT2D eigenvalue weighted by Crippen LogP contribution is 2.19. The van der Waals surface area contributed by atoms with E-state index in [2.05, 4.69) is 29.4 Å². The molecule has 4 heteroatoms. The molecule has 17 heavy (non-hydrogen) atoms. The zero-order valence-corrected chi connectivity index (χ0v) is 11.0. The van der Waals surface area contributed by atoms with E-state index < -0.39 is 0 Å². The average molecular weight is 239 g/mol. The summed E-state index contributed by atoms with van der Waals surface area (Å²) in [4.78, 5) is 14.2. The standard InChI is InChI=1S/C13H25N3O/c1-3-10-8-16(12(4-2)7-14-10)9-13(17)15-11-5-6-11/h10-12,14H,3-9H2,1-2H3,(H,15,17). The zero-order chi connectivity index (χ0) is 12.3. The molecule has 0 radical (unpaired) electrons. The van der Waals surface area contributed by atoms with Crippen molar-refractivity contribution in [2.75, 3.05) is 19.6 Å². The number of carbonyl (C=O) groups excluding carboxylic acids is 1. The summed E-state index contributed by atoms with van der Waals surface area (Å²) in [6.07, 6.45) is 4.58. The van der Waals surface area contributed by atoms with Gasteiger partial charge in [0.2, 0.25) is 5.91 Å². The van der Waals surface area contributed by atoms with Crippen molar-refractivity contribution in [1.29, 1.82) is 0 Å². The lowest BCUT2D eigenvalue weighted by Gasteiger charge is -2.39. The van der Waals surface area contributed by atoms with Gasteiger partial charge in [0.05, 0.1) is 6.54 Å². The molecular weight excluding hydrogens is 214 g/mol. The van der Waals surface area contributed by atoms with Crippen LogP contribution in [0.3, 0.4) is 0 Å². The minimum Gasteiger partial charge on any atom is -0.352 e. The molecule has 2 fully saturated rings. The first-order valence-electron chi connectivity index (χ1n) is 6.99. The predicted molar refractivity (Wildman–Crippen MR) is 68.9 cm³/mol. The number of amides is 1. The molecule has 1 aliphatic carbocycles. The highest BCUT2D eigenvalue weighted by atomic mass is 16.2. The lowest BCUT2D eigenvalue weighted by Crippen LogP contribution is -2.58. The van der Waals surface area contributed by atoms with Gasteiger partial charge in [0.1, 0.15) is 0 Å². The molecule has 1 saturated carbocycles. The molecule has 2 rings (SSSR count). The van der Waals surface area contributed by atoms with Crippen LogP contribution in [-0.4, -0.2) is 48.6 Å². The Morgan fingerprint density at radius 1 is 1.35 bits per heavy atom. The van der Waals surface area contributed by atoms with Crippen molar-refractivity contribution in [2.24, 2.45) is 0 Å². The number of nitrogens with zero attached hydrogens (tertiary/aromatic N) is 1. The summed E-state index contributed by atoms with van der Waals surface area (Å²) in [6.45, 7) is 7.00. The minimum atomic E-state index is 0.211. The van der Waals surface area contributed by atoms with Gasteiger partial charge >= 0.3 is 0 Å². The summed E-state index contributed by atoms with van der Waals surface area (Å²) < 4.78 is 0. The molecule has 1 aliphatic heterocycles. The van der Waals surface area contributed by atoms with E-state index in [0.717, 1.165) is 25.9 Å². The van der Waals surface area contributed by atoms with E-state index in [1.165, 1.54) is 12.8 Å². The molecule has 98 valence electrons. The van der Waals surface area contributed by atoms with Gasteiger partial charge in [-0.15, -0.1) is 0 Å². The molecule has 1 saturated heterocycles. The number of rotatable bonds is 5. The molecule has 0 bridgehead atoms. The molecule has 0 aromatic rings.